The molecule has 2 aliphatic heterocycles. The van der Waals surface area contributed by atoms with Gasteiger partial charge in [-0.25, -0.2) is 4.98 Å². The standard InChI is InChI=1S/C24H22N6O2S/c1-15-17-4-2-3-5-20(17)30(23(15)32)24-28-19(14-33-24)22(31)27-18-12-16(13-25)6-7-21(18)29-10-8-26-9-11-29/h2-7,12,14-15,26H,8-11H2,1H3,(H,27,31). The quantitative estimate of drug-likeness (QED) is 0.621. The van der Waals surface area contributed by atoms with Gasteiger partial charge < -0.3 is 15.5 Å². The van der Waals surface area contributed by atoms with Crippen LogP contribution in [0.3, 0.4) is 0 Å². The van der Waals surface area contributed by atoms with Crippen LogP contribution in [0.1, 0.15) is 34.5 Å². The Hall–Kier alpha value is -3.74. The highest BCUT2D eigenvalue weighted by molar-refractivity contribution is 7.14. The Morgan fingerprint density at radius 1 is 1.21 bits per heavy atom. The van der Waals surface area contributed by atoms with Gasteiger partial charge in [-0.05, 0) is 36.8 Å². The molecule has 5 rings (SSSR count). The summed E-state index contributed by atoms with van der Waals surface area (Å²) in [5.41, 5.74) is 3.91. The van der Waals surface area contributed by atoms with Gasteiger partial charge >= 0.3 is 0 Å². The van der Waals surface area contributed by atoms with Crippen LogP contribution < -0.4 is 20.4 Å². The molecule has 33 heavy (non-hydrogen) atoms. The molecule has 166 valence electrons. The Bertz CT molecular complexity index is 1270. The van der Waals surface area contributed by atoms with Gasteiger partial charge in [-0.2, -0.15) is 5.26 Å². The molecule has 2 N–H and O–H groups in total. The molecule has 9 heteroatoms. The Morgan fingerprint density at radius 3 is 2.79 bits per heavy atom. The molecule has 1 aromatic heterocycles. The number of carbonyl (C=O) groups excluding carboxylic acids is 2. The molecule has 3 aromatic rings. The molecule has 8 nitrogen and oxygen atoms in total. The Morgan fingerprint density at radius 2 is 2.00 bits per heavy atom. The number of anilines is 4. The normalized spacial score (nSPS) is 17.6. The maximum Gasteiger partial charge on any atom is 0.275 e. The van der Waals surface area contributed by atoms with Crippen molar-refractivity contribution in [2.45, 2.75) is 12.8 Å². The molecule has 2 aromatic carbocycles. The molecule has 1 unspecified atom stereocenters. The first-order chi connectivity index (χ1) is 16.1. The van der Waals surface area contributed by atoms with E-state index in [0.717, 1.165) is 43.1 Å². The van der Waals surface area contributed by atoms with E-state index in [0.29, 0.717) is 16.4 Å². The van der Waals surface area contributed by atoms with Crippen molar-refractivity contribution in [1.82, 2.24) is 10.3 Å². The molecule has 1 saturated heterocycles. The Balaban J connectivity index is 1.41. The average Bonchev–Trinajstić information content (AvgIpc) is 3.43. The van der Waals surface area contributed by atoms with Crippen LogP contribution in [0.25, 0.3) is 0 Å². The summed E-state index contributed by atoms with van der Waals surface area (Å²) in [6.07, 6.45) is 0. The molecular weight excluding hydrogens is 436 g/mol. The van der Waals surface area contributed by atoms with Crippen LogP contribution in [-0.4, -0.2) is 43.0 Å². The SMILES string of the molecule is CC1C(=O)N(c2nc(C(=O)Nc3cc(C#N)ccc3N3CCNCC3)cs2)c2ccccc21. The van der Waals surface area contributed by atoms with Crippen molar-refractivity contribution >= 4 is 45.3 Å². The zero-order chi connectivity index (χ0) is 22.9. The minimum Gasteiger partial charge on any atom is -0.367 e. The van der Waals surface area contributed by atoms with Gasteiger partial charge in [0.25, 0.3) is 5.91 Å². The van der Waals surface area contributed by atoms with E-state index in [-0.39, 0.29) is 23.4 Å². The van der Waals surface area contributed by atoms with Gasteiger partial charge in [0, 0.05) is 31.6 Å². The molecule has 2 amide bonds. The number of rotatable bonds is 4. The lowest BCUT2D eigenvalue weighted by atomic mass is 10.0. The van der Waals surface area contributed by atoms with Gasteiger partial charge in [-0.1, -0.05) is 18.2 Å². The molecule has 0 spiro atoms. The van der Waals surface area contributed by atoms with Crippen LogP contribution in [0.4, 0.5) is 22.2 Å². The monoisotopic (exact) mass is 458 g/mol. The first-order valence-corrected chi connectivity index (χ1v) is 11.6. The molecule has 0 saturated carbocycles. The van der Waals surface area contributed by atoms with Crippen molar-refractivity contribution in [3.63, 3.8) is 0 Å². The summed E-state index contributed by atoms with van der Waals surface area (Å²) >= 11 is 1.26. The number of nitriles is 1. The second-order valence-electron chi connectivity index (χ2n) is 8.00. The molecule has 0 radical (unpaired) electrons. The molecule has 0 aliphatic carbocycles. The number of piperazine rings is 1. The van der Waals surface area contributed by atoms with E-state index in [1.54, 1.807) is 22.4 Å². The number of para-hydroxylation sites is 1. The van der Waals surface area contributed by atoms with E-state index in [9.17, 15) is 14.9 Å². The minimum atomic E-state index is -0.378. The zero-order valence-electron chi connectivity index (χ0n) is 18.0. The van der Waals surface area contributed by atoms with Crippen molar-refractivity contribution in [3.05, 3.63) is 64.7 Å². The van der Waals surface area contributed by atoms with Gasteiger partial charge in [0.2, 0.25) is 5.91 Å². The summed E-state index contributed by atoms with van der Waals surface area (Å²) in [5.74, 6) is -0.685. The smallest absolute Gasteiger partial charge is 0.275 e. The van der Waals surface area contributed by atoms with Crippen molar-refractivity contribution in [3.8, 4) is 6.07 Å². The minimum absolute atomic E-state index is 0.0553. The number of hydrogen-bond acceptors (Lipinski definition) is 7. The molecule has 2 aliphatic rings. The van der Waals surface area contributed by atoms with Crippen LogP contribution in [0.15, 0.2) is 47.8 Å². The third kappa shape index (κ3) is 3.84. The number of nitrogens with zero attached hydrogens (tertiary/aromatic N) is 4. The van der Waals surface area contributed by atoms with E-state index in [2.05, 4.69) is 26.6 Å². The van der Waals surface area contributed by atoms with Crippen LogP contribution in [0.2, 0.25) is 0 Å². The van der Waals surface area contributed by atoms with Crippen molar-refractivity contribution in [1.29, 1.82) is 5.26 Å². The van der Waals surface area contributed by atoms with Crippen LogP contribution in [-0.2, 0) is 4.79 Å². The summed E-state index contributed by atoms with van der Waals surface area (Å²) in [4.78, 5) is 34.2. The van der Waals surface area contributed by atoms with Gasteiger partial charge in [0.05, 0.1) is 34.6 Å². The fourth-order valence-corrected chi connectivity index (χ4v) is 5.07. The van der Waals surface area contributed by atoms with E-state index in [1.165, 1.54) is 11.3 Å². The lowest BCUT2D eigenvalue weighted by Gasteiger charge is -2.31. The first kappa shape index (κ1) is 21.1. The highest BCUT2D eigenvalue weighted by Crippen LogP contribution is 2.42. The number of amides is 2. The summed E-state index contributed by atoms with van der Waals surface area (Å²) in [6, 6.07) is 15.1. The topological polar surface area (TPSA) is 101 Å². The third-order valence-electron chi connectivity index (χ3n) is 5.98. The van der Waals surface area contributed by atoms with E-state index in [4.69, 9.17) is 0 Å². The van der Waals surface area contributed by atoms with Gasteiger partial charge in [0.1, 0.15) is 5.69 Å². The van der Waals surface area contributed by atoms with Crippen LogP contribution in [0.5, 0.6) is 0 Å². The molecule has 1 atom stereocenters. The summed E-state index contributed by atoms with van der Waals surface area (Å²) < 4.78 is 0. The number of thiazole rings is 1. The van der Waals surface area contributed by atoms with E-state index in [1.807, 2.05) is 37.3 Å². The highest BCUT2D eigenvalue weighted by Gasteiger charge is 2.36. The zero-order valence-corrected chi connectivity index (χ0v) is 18.9. The Labute approximate surface area is 195 Å². The van der Waals surface area contributed by atoms with Crippen molar-refractivity contribution in [2.24, 2.45) is 0 Å². The lowest BCUT2D eigenvalue weighted by molar-refractivity contribution is -0.118. The van der Waals surface area contributed by atoms with Crippen LogP contribution >= 0.6 is 11.3 Å². The Kier molecular flexibility index (Phi) is 5.54. The van der Waals surface area contributed by atoms with E-state index < -0.39 is 0 Å². The number of fused-ring (bicyclic) bond motifs is 1. The molecule has 3 heterocycles. The number of nitrogens with one attached hydrogen (secondary N) is 2. The number of benzene rings is 2. The summed E-state index contributed by atoms with van der Waals surface area (Å²) in [7, 11) is 0. The van der Waals surface area contributed by atoms with Gasteiger partial charge in [0.15, 0.2) is 5.13 Å². The highest BCUT2D eigenvalue weighted by atomic mass is 32.1. The number of hydrogen-bond donors (Lipinski definition) is 2. The van der Waals surface area contributed by atoms with Gasteiger partial charge in [-0.3, -0.25) is 14.5 Å². The largest absolute Gasteiger partial charge is 0.367 e. The lowest BCUT2D eigenvalue weighted by Crippen LogP contribution is -2.43. The second-order valence-corrected chi connectivity index (χ2v) is 8.84. The summed E-state index contributed by atoms with van der Waals surface area (Å²) in [6.45, 7) is 5.20. The maximum atomic E-state index is 13.1. The fraction of sp³-hybridized carbons (Fsp3) is 0.250. The van der Waals surface area contributed by atoms with E-state index >= 15 is 0 Å². The van der Waals surface area contributed by atoms with Crippen molar-refractivity contribution < 1.29 is 9.59 Å². The van der Waals surface area contributed by atoms with Crippen LogP contribution in [0, 0.1) is 11.3 Å². The fourth-order valence-electron chi connectivity index (χ4n) is 4.24. The third-order valence-corrected chi connectivity index (χ3v) is 6.81. The van der Waals surface area contributed by atoms with Gasteiger partial charge in [-0.15, -0.1) is 11.3 Å². The van der Waals surface area contributed by atoms with Crippen molar-refractivity contribution in [2.75, 3.05) is 41.3 Å². The first-order valence-electron chi connectivity index (χ1n) is 10.8. The predicted octanol–water partition coefficient (Wildman–Crippen LogP) is 3.46. The second kappa shape index (κ2) is 8.65. The molecule has 0 bridgehead atoms. The number of aromatic nitrogens is 1. The number of carbonyl (C=O) groups is 2. The summed E-state index contributed by atoms with van der Waals surface area (Å²) in [5, 5.41) is 17.7. The average molecular weight is 459 g/mol. The predicted molar refractivity (Wildman–Crippen MR) is 128 cm³/mol. The molecular formula is C24H22N6O2S. The maximum absolute atomic E-state index is 13.1. The molecule has 1 fully saturated rings.